The van der Waals surface area contributed by atoms with E-state index in [1.54, 1.807) is 6.26 Å². The number of furan rings is 1. The average molecular weight is 257 g/mol. The van der Waals surface area contributed by atoms with Crippen LogP contribution in [0.25, 0.3) is 0 Å². The first-order valence-electron chi connectivity index (χ1n) is 7.12. The van der Waals surface area contributed by atoms with E-state index in [2.05, 4.69) is 49.5 Å². The highest BCUT2D eigenvalue weighted by Crippen LogP contribution is 2.22. The Morgan fingerprint density at radius 3 is 2.68 bits per heavy atom. The zero-order valence-corrected chi connectivity index (χ0v) is 11.9. The van der Waals surface area contributed by atoms with E-state index in [1.165, 1.54) is 11.1 Å². The normalized spacial score (nSPS) is 12.5. The summed E-state index contributed by atoms with van der Waals surface area (Å²) in [5, 5.41) is 3.65. The van der Waals surface area contributed by atoms with Crippen molar-refractivity contribution in [2.75, 3.05) is 6.54 Å². The van der Waals surface area contributed by atoms with Crippen LogP contribution in [0, 0.1) is 6.92 Å². The van der Waals surface area contributed by atoms with E-state index >= 15 is 0 Å². The minimum absolute atomic E-state index is 0.409. The predicted molar refractivity (Wildman–Crippen MR) is 79.2 cm³/mol. The Kier molecular flexibility index (Phi) is 5.22. The van der Waals surface area contributed by atoms with Gasteiger partial charge in [0.2, 0.25) is 0 Å². The second kappa shape index (κ2) is 7.15. The van der Waals surface area contributed by atoms with Crippen molar-refractivity contribution >= 4 is 0 Å². The summed E-state index contributed by atoms with van der Waals surface area (Å²) in [6, 6.07) is 13.0. The van der Waals surface area contributed by atoms with Gasteiger partial charge in [-0.2, -0.15) is 0 Å². The van der Waals surface area contributed by atoms with E-state index < -0.39 is 0 Å². The molecule has 1 heterocycles. The molecule has 2 rings (SSSR count). The molecule has 19 heavy (non-hydrogen) atoms. The maximum absolute atomic E-state index is 5.43. The van der Waals surface area contributed by atoms with Crippen molar-refractivity contribution in [3.8, 4) is 0 Å². The predicted octanol–water partition coefficient (Wildman–Crippen LogP) is 4.26. The lowest BCUT2D eigenvalue weighted by molar-refractivity contribution is 0.451. The maximum atomic E-state index is 5.43. The maximum Gasteiger partial charge on any atom is 0.103 e. The van der Waals surface area contributed by atoms with Gasteiger partial charge in [0.15, 0.2) is 0 Å². The molecule has 0 fully saturated rings. The molecule has 1 atom stereocenters. The number of nitrogens with one attached hydrogen (secondary N) is 1. The molecular weight excluding hydrogens is 234 g/mol. The molecule has 0 amide bonds. The van der Waals surface area contributed by atoms with E-state index in [0.29, 0.717) is 6.04 Å². The molecule has 0 aliphatic heterocycles. The van der Waals surface area contributed by atoms with Crippen molar-refractivity contribution in [2.24, 2.45) is 0 Å². The molecule has 1 aromatic heterocycles. The summed E-state index contributed by atoms with van der Waals surface area (Å²) in [6.07, 6.45) is 4.95. The zero-order chi connectivity index (χ0) is 13.5. The molecule has 0 spiro atoms. The van der Waals surface area contributed by atoms with Crippen molar-refractivity contribution in [2.45, 2.75) is 39.2 Å². The van der Waals surface area contributed by atoms with Gasteiger partial charge in [-0.3, -0.25) is 0 Å². The van der Waals surface area contributed by atoms with Crippen LogP contribution in [-0.4, -0.2) is 6.54 Å². The Morgan fingerprint density at radius 2 is 2.00 bits per heavy atom. The van der Waals surface area contributed by atoms with Gasteiger partial charge < -0.3 is 9.73 Å². The highest BCUT2D eigenvalue weighted by Gasteiger charge is 2.13. The molecule has 0 saturated carbocycles. The lowest BCUT2D eigenvalue weighted by Gasteiger charge is -2.20. The van der Waals surface area contributed by atoms with Gasteiger partial charge in [0.1, 0.15) is 5.76 Å². The third-order valence-corrected chi connectivity index (χ3v) is 3.46. The highest BCUT2D eigenvalue weighted by molar-refractivity contribution is 5.28. The largest absolute Gasteiger partial charge is 0.469 e. The van der Waals surface area contributed by atoms with Crippen molar-refractivity contribution in [3.05, 3.63) is 59.5 Å². The summed E-state index contributed by atoms with van der Waals surface area (Å²) in [4.78, 5) is 0. The van der Waals surface area contributed by atoms with Crippen LogP contribution in [0.3, 0.4) is 0 Å². The summed E-state index contributed by atoms with van der Waals surface area (Å²) in [5.74, 6) is 1.07. The molecule has 1 N–H and O–H groups in total. The Morgan fingerprint density at radius 1 is 1.16 bits per heavy atom. The van der Waals surface area contributed by atoms with Gasteiger partial charge in [0, 0.05) is 12.5 Å². The monoisotopic (exact) mass is 257 g/mol. The summed E-state index contributed by atoms with van der Waals surface area (Å²) < 4.78 is 5.43. The van der Waals surface area contributed by atoms with Gasteiger partial charge in [-0.1, -0.05) is 31.2 Å². The molecule has 1 aromatic carbocycles. The molecular formula is C17H23NO. The number of rotatable bonds is 7. The summed E-state index contributed by atoms with van der Waals surface area (Å²) in [5.41, 5.74) is 2.76. The van der Waals surface area contributed by atoms with Gasteiger partial charge in [0.05, 0.1) is 6.26 Å². The molecule has 0 bridgehead atoms. The zero-order valence-electron chi connectivity index (χ0n) is 11.9. The Hall–Kier alpha value is -1.54. The summed E-state index contributed by atoms with van der Waals surface area (Å²) in [6.45, 7) is 5.44. The third-order valence-electron chi connectivity index (χ3n) is 3.46. The van der Waals surface area contributed by atoms with E-state index in [-0.39, 0.29) is 0 Å². The standard InChI is InChI=1S/C17H23NO/c1-3-12-18-17(11-10-15-8-6-13-19-15)16-9-5-4-7-14(16)2/h4-9,13,17-18H,3,10-12H2,1-2H3. The molecule has 102 valence electrons. The van der Waals surface area contributed by atoms with Crippen LogP contribution in [0.5, 0.6) is 0 Å². The molecule has 2 aromatic rings. The number of aryl methyl sites for hydroxylation is 2. The second-order valence-electron chi connectivity index (χ2n) is 4.98. The van der Waals surface area contributed by atoms with Crippen LogP contribution in [-0.2, 0) is 6.42 Å². The van der Waals surface area contributed by atoms with Gasteiger partial charge in [-0.05, 0) is 49.6 Å². The van der Waals surface area contributed by atoms with Gasteiger partial charge in [-0.15, -0.1) is 0 Å². The second-order valence-corrected chi connectivity index (χ2v) is 4.98. The summed E-state index contributed by atoms with van der Waals surface area (Å²) >= 11 is 0. The molecule has 0 radical (unpaired) electrons. The van der Waals surface area contributed by atoms with Crippen molar-refractivity contribution in [1.29, 1.82) is 0 Å². The van der Waals surface area contributed by atoms with Crippen molar-refractivity contribution in [1.82, 2.24) is 5.32 Å². The first-order chi connectivity index (χ1) is 9.31. The van der Waals surface area contributed by atoms with Crippen LogP contribution < -0.4 is 5.32 Å². The van der Waals surface area contributed by atoms with Gasteiger partial charge >= 0.3 is 0 Å². The first-order valence-corrected chi connectivity index (χ1v) is 7.12. The molecule has 2 nitrogen and oxygen atoms in total. The number of hydrogen-bond acceptors (Lipinski definition) is 2. The van der Waals surface area contributed by atoms with E-state index in [9.17, 15) is 0 Å². The topological polar surface area (TPSA) is 25.2 Å². The number of hydrogen-bond donors (Lipinski definition) is 1. The fourth-order valence-electron chi connectivity index (χ4n) is 2.41. The Labute approximate surface area is 115 Å². The van der Waals surface area contributed by atoms with Crippen LogP contribution in [0.2, 0.25) is 0 Å². The molecule has 1 unspecified atom stereocenters. The third kappa shape index (κ3) is 3.97. The van der Waals surface area contributed by atoms with E-state index in [0.717, 1.165) is 31.6 Å². The fraction of sp³-hybridized carbons (Fsp3) is 0.412. The van der Waals surface area contributed by atoms with Crippen molar-refractivity contribution in [3.63, 3.8) is 0 Å². The van der Waals surface area contributed by atoms with E-state index in [1.807, 2.05) is 6.07 Å². The quantitative estimate of drug-likeness (QED) is 0.801. The van der Waals surface area contributed by atoms with Crippen LogP contribution >= 0.6 is 0 Å². The first kappa shape index (κ1) is 13.9. The smallest absolute Gasteiger partial charge is 0.103 e. The fourth-order valence-corrected chi connectivity index (χ4v) is 2.41. The molecule has 2 heteroatoms. The van der Waals surface area contributed by atoms with Crippen LogP contribution in [0.1, 0.15) is 42.7 Å². The van der Waals surface area contributed by atoms with Crippen LogP contribution in [0.15, 0.2) is 47.1 Å². The minimum Gasteiger partial charge on any atom is -0.469 e. The number of benzene rings is 1. The molecule has 0 aliphatic rings. The highest BCUT2D eigenvalue weighted by atomic mass is 16.3. The molecule has 0 aliphatic carbocycles. The lowest BCUT2D eigenvalue weighted by Crippen LogP contribution is -2.23. The van der Waals surface area contributed by atoms with Crippen LogP contribution in [0.4, 0.5) is 0 Å². The van der Waals surface area contributed by atoms with Crippen molar-refractivity contribution < 1.29 is 4.42 Å². The summed E-state index contributed by atoms with van der Waals surface area (Å²) in [7, 11) is 0. The van der Waals surface area contributed by atoms with Gasteiger partial charge in [0.25, 0.3) is 0 Å². The molecule has 0 saturated heterocycles. The Bertz CT molecular complexity index is 476. The van der Waals surface area contributed by atoms with E-state index in [4.69, 9.17) is 4.42 Å². The van der Waals surface area contributed by atoms with Gasteiger partial charge in [-0.25, -0.2) is 0 Å². The minimum atomic E-state index is 0.409. The average Bonchev–Trinajstić information content (AvgIpc) is 2.93. The lowest BCUT2D eigenvalue weighted by atomic mass is 9.97. The SMILES string of the molecule is CCCNC(CCc1ccco1)c1ccccc1C. The Balaban J connectivity index is 2.05.